The van der Waals surface area contributed by atoms with Crippen molar-refractivity contribution in [1.82, 2.24) is 9.62 Å². The van der Waals surface area contributed by atoms with Gasteiger partial charge in [0, 0.05) is 12.6 Å². The number of hydrogen-bond acceptors (Lipinski definition) is 5. The molecule has 4 N–H and O–H groups in total. The molecule has 1 atom stereocenters. The fraction of sp³-hybridized carbons (Fsp3) is 0.500. The van der Waals surface area contributed by atoms with Gasteiger partial charge in [-0.2, -0.15) is 0 Å². The van der Waals surface area contributed by atoms with E-state index in [2.05, 4.69) is 22.0 Å². The number of hydrogen-bond donors (Lipinski definition) is 3. The Kier molecular flexibility index (Phi) is 3.98. The SMILES string of the molecule is CNS(=O)(=O)c1ccc(N)c(NC2CCN(C)C2)c1. The maximum Gasteiger partial charge on any atom is 0.240 e. The van der Waals surface area contributed by atoms with Gasteiger partial charge >= 0.3 is 0 Å². The van der Waals surface area contributed by atoms with Crippen LogP contribution >= 0.6 is 0 Å². The number of nitrogen functional groups attached to an aromatic ring is 1. The van der Waals surface area contributed by atoms with Crippen molar-refractivity contribution in [2.24, 2.45) is 0 Å². The van der Waals surface area contributed by atoms with Gasteiger partial charge in [0.25, 0.3) is 0 Å². The van der Waals surface area contributed by atoms with Crippen molar-refractivity contribution in [3.05, 3.63) is 18.2 Å². The van der Waals surface area contributed by atoms with Crippen molar-refractivity contribution < 1.29 is 8.42 Å². The summed E-state index contributed by atoms with van der Waals surface area (Å²) in [7, 11) is 0.0182. The van der Waals surface area contributed by atoms with E-state index in [-0.39, 0.29) is 4.90 Å². The fourth-order valence-corrected chi connectivity index (χ4v) is 2.97. The normalized spacial score (nSPS) is 20.6. The van der Waals surface area contributed by atoms with Crippen LogP contribution in [-0.4, -0.2) is 46.5 Å². The zero-order valence-electron chi connectivity index (χ0n) is 11.2. The van der Waals surface area contributed by atoms with Gasteiger partial charge in [-0.15, -0.1) is 0 Å². The van der Waals surface area contributed by atoms with E-state index in [4.69, 9.17) is 5.73 Å². The summed E-state index contributed by atoms with van der Waals surface area (Å²) in [5, 5.41) is 3.32. The van der Waals surface area contributed by atoms with E-state index in [0.717, 1.165) is 19.5 Å². The molecule has 1 aliphatic heterocycles. The zero-order valence-corrected chi connectivity index (χ0v) is 12.0. The highest BCUT2D eigenvalue weighted by Crippen LogP contribution is 2.25. The highest BCUT2D eigenvalue weighted by atomic mass is 32.2. The minimum absolute atomic E-state index is 0.220. The average Bonchev–Trinajstić information content (AvgIpc) is 2.77. The van der Waals surface area contributed by atoms with Gasteiger partial charge in [0.15, 0.2) is 0 Å². The van der Waals surface area contributed by atoms with E-state index in [0.29, 0.717) is 17.4 Å². The molecule has 1 saturated heterocycles. The van der Waals surface area contributed by atoms with Gasteiger partial charge in [-0.3, -0.25) is 0 Å². The molecule has 0 aliphatic carbocycles. The number of anilines is 2. The first-order valence-electron chi connectivity index (χ1n) is 6.20. The summed E-state index contributed by atoms with van der Waals surface area (Å²) < 4.78 is 25.8. The lowest BCUT2D eigenvalue weighted by Crippen LogP contribution is -2.24. The van der Waals surface area contributed by atoms with Crippen molar-refractivity contribution >= 4 is 21.4 Å². The molecule has 19 heavy (non-hydrogen) atoms. The number of rotatable bonds is 4. The van der Waals surface area contributed by atoms with Gasteiger partial charge in [-0.25, -0.2) is 13.1 Å². The van der Waals surface area contributed by atoms with Crippen LogP contribution in [0.4, 0.5) is 11.4 Å². The highest BCUT2D eigenvalue weighted by molar-refractivity contribution is 7.89. The van der Waals surface area contributed by atoms with Crippen molar-refractivity contribution in [3.8, 4) is 0 Å². The van der Waals surface area contributed by atoms with E-state index in [1.54, 1.807) is 12.1 Å². The topological polar surface area (TPSA) is 87.5 Å². The van der Waals surface area contributed by atoms with Crippen LogP contribution in [0.1, 0.15) is 6.42 Å². The number of nitrogens with two attached hydrogens (primary N) is 1. The second-order valence-electron chi connectivity index (χ2n) is 4.85. The van der Waals surface area contributed by atoms with E-state index in [1.807, 2.05) is 0 Å². The molecule has 1 aromatic rings. The summed E-state index contributed by atoms with van der Waals surface area (Å²) >= 11 is 0. The largest absolute Gasteiger partial charge is 0.397 e. The first kappa shape index (κ1) is 14.1. The highest BCUT2D eigenvalue weighted by Gasteiger charge is 2.20. The number of likely N-dealkylation sites (tertiary alicyclic amines) is 1. The smallest absolute Gasteiger partial charge is 0.240 e. The van der Waals surface area contributed by atoms with Crippen molar-refractivity contribution in [1.29, 1.82) is 0 Å². The molecular weight excluding hydrogens is 264 g/mol. The van der Waals surface area contributed by atoms with Crippen LogP contribution in [-0.2, 0) is 10.0 Å². The molecule has 1 aliphatic rings. The lowest BCUT2D eigenvalue weighted by atomic mass is 10.2. The summed E-state index contributed by atoms with van der Waals surface area (Å²) in [6, 6.07) is 5.01. The summed E-state index contributed by atoms with van der Waals surface area (Å²) in [5.41, 5.74) is 7.13. The van der Waals surface area contributed by atoms with Gasteiger partial charge in [0.2, 0.25) is 10.0 Å². The maximum absolute atomic E-state index is 11.8. The number of nitrogens with zero attached hydrogens (tertiary/aromatic N) is 1. The first-order valence-corrected chi connectivity index (χ1v) is 7.69. The predicted molar refractivity (Wildman–Crippen MR) is 76.6 cm³/mol. The summed E-state index contributed by atoms with van der Waals surface area (Å²) in [6.45, 7) is 1.97. The molecule has 1 unspecified atom stereocenters. The monoisotopic (exact) mass is 284 g/mol. The van der Waals surface area contributed by atoms with Crippen molar-refractivity contribution in [2.75, 3.05) is 38.2 Å². The van der Waals surface area contributed by atoms with Crippen LogP contribution in [0.5, 0.6) is 0 Å². The van der Waals surface area contributed by atoms with E-state index in [1.165, 1.54) is 13.1 Å². The molecule has 0 radical (unpaired) electrons. The third-order valence-electron chi connectivity index (χ3n) is 3.35. The van der Waals surface area contributed by atoms with E-state index in [9.17, 15) is 8.42 Å². The quantitative estimate of drug-likeness (QED) is 0.692. The number of sulfonamides is 1. The lowest BCUT2D eigenvalue weighted by molar-refractivity contribution is 0.414. The molecule has 0 saturated carbocycles. The Labute approximate surface area is 114 Å². The van der Waals surface area contributed by atoms with Crippen LogP contribution in [0.15, 0.2) is 23.1 Å². The molecule has 1 fully saturated rings. The van der Waals surface area contributed by atoms with Gasteiger partial charge < -0.3 is 16.0 Å². The van der Waals surface area contributed by atoms with Gasteiger partial charge in [0.05, 0.1) is 16.3 Å². The van der Waals surface area contributed by atoms with Gasteiger partial charge in [0.1, 0.15) is 0 Å². The first-order chi connectivity index (χ1) is 8.92. The van der Waals surface area contributed by atoms with Crippen LogP contribution in [0.3, 0.4) is 0 Å². The van der Waals surface area contributed by atoms with Crippen molar-refractivity contribution in [2.45, 2.75) is 17.4 Å². The Morgan fingerprint density at radius 1 is 1.42 bits per heavy atom. The van der Waals surface area contributed by atoms with Crippen molar-refractivity contribution in [3.63, 3.8) is 0 Å². The van der Waals surface area contributed by atoms with Crippen LogP contribution < -0.4 is 15.8 Å². The second kappa shape index (κ2) is 5.36. The molecule has 0 bridgehead atoms. The Morgan fingerprint density at radius 2 is 2.16 bits per heavy atom. The molecule has 0 amide bonds. The molecule has 106 valence electrons. The van der Waals surface area contributed by atoms with E-state index >= 15 is 0 Å². The Bertz CT molecular complexity index is 559. The molecule has 1 aromatic carbocycles. The minimum Gasteiger partial charge on any atom is -0.397 e. The van der Waals surface area contributed by atoms with Gasteiger partial charge in [-0.1, -0.05) is 0 Å². The van der Waals surface area contributed by atoms with Crippen LogP contribution in [0, 0.1) is 0 Å². The lowest BCUT2D eigenvalue weighted by Gasteiger charge is -2.17. The number of benzene rings is 1. The zero-order chi connectivity index (χ0) is 14.0. The number of likely N-dealkylation sites (N-methyl/N-ethyl adjacent to an activating group) is 1. The van der Waals surface area contributed by atoms with Gasteiger partial charge in [-0.05, 0) is 45.3 Å². The standard InChI is InChI=1S/C12H20N4O2S/c1-14-19(17,18)10-3-4-11(13)12(7-10)15-9-5-6-16(2)8-9/h3-4,7,9,14-15H,5-6,8,13H2,1-2H3. The number of nitrogens with one attached hydrogen (secondary N) is 2. The Morgan fingerprint density at radius 3 is 2.74 bits per heavy atom. The average molecular weight is 284 g/mol. The summed E-state index contributed by atoms with van der Waals surface area (Å²) in [6.07, 6.45) is 1.03. The summed E-state index contributed by atoms with van der Waals surface area (Å²) in [5.74, 6) is 0. The molecule has 6 nitrogen and oxygen atoms in total. The molecule has 7 heteroatoms. The molecule has 2 rings (SSSR count). The molecule has 0 spiro atoms. The Balaban J connectivity index is 2.23. The minimum atomic E-state index is -3.44. The third-order valence-corrected chi connectivity index (χ3v) is 4.77. The van der Waals surface area contributed by atoms with E-state index < -0.39 is 10.0 Å². The maximum atomic E-state index is 11.8. The second-order valence-corrected chi connectivity index (χ2v) is 6.74. The van der Waals surface area contributed by atoms with Crippen LogP contribution in [0.25, 0.3) is 0 Å². The molecule has 1 heterocycles. The molecular formula is C12H20N4O2S. The summed E-state index contributed by atoms with van der Waals surface area (Å²) in [4.78, 5) is 2.44. The fourth-order valence-electron chi connectivity index (χ4n) is 2.22. The predicted octanol–water partition coefficient (Wildman–Crippen LogP) is 0.293. The Hall–Kier alpha value is -1.31. The molecule has 0 aromatic heterocycles. The van der Waals surface area contributed by atoms with Crippen LogP contribution in [0.2, 0.25) is 0 Å². The third kappa shape index (κ3) is 3.17.